The van der Waals surface area contributed by atoms with Crippen molar-refractivity contribution in [1.29, 1.82) is 5.26 Å². The number of anilines is 1. The van der Waals surface area contributed by atoms with Crippen molar-refractivity contribution in [1.82, 2.24) is 4.31 Å². The van der Waals surface area contributed by atoms with Crippen molar-refractivity contribution in [3.05, 3.63) is 64.0 Å². The van der Waals surface area contributed by atoms with Crippen LogP contribution in [0.25, 0.3) is 0 Å². The number of amides is 1. The molecule has 1 amide bonds. The molecule has 0 aliphatic carbocycles. The van der Waals surface area contributed by atoms with E-state index in [0.29, 0.717) is 0 Å². The van der Waals surface area contributed by atoms with Gasteiger partial charge in [0.2, 0.25) is 21.7 Å². The van der Waals surface area contributed by atoms with Gasteiger partial charge in [-0.3, -0.25) is 14.9 Å². The number of hydrogen-bond acceptors (Lipinski definition) is 6. The van der Waals surface area contributed by atoms with Crippen LogP contribution in [0.15, 0.2) is 47.4 Å². The van der Waals surface area contributed by atoms with Crippen LogP contribution in [0.5, 0.6) is 0 Å². The predicted molar refractivity (Wildman–Crippen MR) is 92.7 cm³/mol. The van der Waals surface area contributed by atoms with Crippen molar-refractivity contribution in [2.24, 2.45) is 0 Å². The summed E-state index contributed by atoms with van der Waals surface area (Å²) in [5, 5.41) is 21.7. The average molecular weight is 392 g/mol. The summed E-state index contributed by atoms with van der Waals surface area (Å²) in [6.07, 6.45) is 0. The Morgan fingerprint density at radius 1 is 1.30 bits per heavy atom. The Bertz CT molecular complexity index is 1030. The highest BCUT2D eigenvalue weighted by Crippen LogP contribution is 2.22. The second-order valence-electron chi connectivity index (χ2n) is 5.37. The highest BCUT2D eigenvalue weighted by Gasteiger charge is 2.23. The topological polar surface area (TPSA) is 133 Å². The molecule has 27 heavy (non-hydrogen) atoms. The number of carbonyl (C=O) groups is 1. The minimum absolute atomic E-state index is 0.0442. The smallest absolute Gasteiger partial charge is 0.306 e. The predicted octanol–water partition coefficient (Wildman–Crippen LogP) is 1.86. The molecule has 9 nitrogen and oxygen atoms in total. The van der Waals surface area contributed by atoms with Gasteiger partial charge in [-0.25, -0.2) is 8.42 Å². The summed E-state index contributed by atoms with van der Waals surface area (Å²) in [4.78, 5) is 21.7. The molecule has 11 heteroatoms. The molecule has 0 spiro atoms. The molecular weight excluding hydrogens is 379 g/mol. The molecule has 0 saturated heterocycles. The largest absolute Gasteiger partial charge is 0.325 e. The Morgan fingerprint density at radius 2 is 1.93 bits per heavy atom. The Balaban J connectivity index is 2.11. The second kappa shape index (κ2) is 7.90. The van der Waals surface area contributed by atoms with Crippen LogP contribution >= 0.6 is 0 Å². The molecule has 2 aromatic rings. The highest BCUT2D eigenvalue weighted by molar-refractivity contribution is 7.89. The minimum Gasteiger partial charge on any atom is -0.325 e. The number of rotatable bonds is 6. The van der Waals surface area contributed by atoms with Crippen LogP contribution in [0.3, 0.4) is 0 Å². The molecule has 0 aromatic heterocycles. The molecular formula is C16H13FN4O5S. The highest BCUT2D eigenvalue weighted by atomic mass is 32.2. The SMILES string of the molecule is CN(CC(=O)Nc1ccc(F)c([N+](=O)[O-])c1)S(=O)(=O)c1ccc(C#N)cc1. The van der Waals surface area contributed by atoms with Gasteiger partial charge in [0.1, 0.15) is 0 Å². The zero-order valence-electron chi connectivity index (χ0n) is 13.9. The van der Waals surface area contributed by atoms with Gasteiger partial charge in [-0.2, -0.15) is 14.0 Å². The first-order valence-electron chi connectivity index (χ1n) is 7.35. The number of nitriles is 1. The van der Waals surface area contributed by atoms with Crippen molar-refractivity contribution < 1.29 is 22.5 Å². The fourth-order valence-corrected chi connectivity index (χ4v) is 3.23. The number of nitrogens with zero attached hydrogens (tertiary/aromatic N) is 3. The van der Waals surface area contributed by atoms with Crippen molar-refractivity contribution in [2.45, 2.75) is 4.90 Å². The van der Waals surface area contributed by atoms with Gasteiger partial charge in [0.15, 0.2) is 0 Å². The van der Waals surface area contributed by atoms with Crippen LogP contribution in [0.1, 0.15) is 5.56 Å². The summed E-state index contributed by atoms with van der Waals surface area (Å²) in [5.41, 5.74) is -0.573. The van der Waals surface area contributed by atoms with Gasteiger partial charge in [0.25, 0.3) is 0 Å². The molecule has 0 bridgehead atoms. The Kier molecular flexibility index (Phi) is 5.84. The number of hydrogen-bond donors (Lipinski definition) is 1. The van der Waals surface area contributed by atoms with Crippen molar-refractivity contribution in [2.75, 3.05) is 18.9 Å². The van der Waals surface area contributed by atoms with E-state index in [2.05, 4.69) is 5.32 Å². The van der Waals surface area contributed by atoms with E-state index in [9.17, 15) is 27.7 Å². The molecule has 0 fully saturated rings. The molecule has 0 atom stereocenters. The second-order valence-corrected chi connectivity index (χ2v) is 7.41. The fraction of sp³-hybridized carbons (Fsp3) is 0.125. The zero-order valence-corrected chi connectivity index (χ0v) is 14.7. The summed E-state index contributed by atoms with van der Waals surface area (Å²) < 4.78 is 38.9. The van der Waals surface area contributed by atoms with E-state index in [4.69, 9.17) is 5.26 Å². The molecule has 1 N–H and O–H groups in total. The van der Waals surface area contributed by atoms with Gasteiger partial charge in [0, 0.05) is 18.8 Å². The van der Waals surface area contributed by atoms with E-state index in [1.807, 2.05) is 6.07 Å². The van der Waals surface area contributed by atoms with E-state index < -0.39 is 38.9 Å². The van der Waals surface area contributed by atoms with Crippen molar-refractivity contribution in [3.63, 3.8) is 0 Å². The lowest BCUT2D eigenvalue weighted by Crippen LogP contribution is -2.35. The maximum absolute atomic E-state index is 13.3. The van der Waals surface area contributed by atoms with Gasteiger partial charge in [-0.05, 0) is 36.4 Å². The molecule has 0 radical (unpaired) electrons. The van der Waals surface area contributed by atoms with Gasteiger partial charge in [-0.1, -0.05) is 0 Å². The van der Waals surface area contributed by atoms with Crippen LogP contribution in [-0.2, 0) is 14.8 Å². The van der Waals surface area contributed by atoms with E-state index in [1.54, 1.807) is 0 Å². The first-order valence-corrected chi connectivity index (χ1v) is 8.79. The van der Waals surface area contributed by atoms with Gasteiger partial charge in [-0.15, -0.1) is 0 Å². The quantitative estimate of drug-likeness (QED) is 0.589. The molecule has 2 rings (SSSR count). The third kappa shape index (κ3) is 4.63. The van der Waals surface area contributed by atoms with E-state index >= 15 is 0 Å². The number of carbonyl (C=O) groups excluding carboxylic acids is 1. The van der Waals surface area contributed by atoms with Crippen molar-refractivity contribution in [3.8, 4) is 6.07 Å². The van der Waals surface area contributed by atoms with E-state index in [1.165, 1.54) is 31.3 Å². The van der Waals surface area contributed by atoms with Crippen LogP contribution in [-0.4, -0.2) is 37.1 Å². The summed E-state index contributed by atoms with van der Waals surface area (Å²) in [5.74, 6) is -1.82. The third-order valence-electron chi connectivity index (χ3n) is 3.48. The lowest BCUT2D eigenvalue weighted by molar-refractivity contribution is -0.387. The average Bonchev–Trinajstić information content (AvgIpc) is 2.63. The standard InChI is InChI=1S/C16H13FN4O5S/c1-20(27(25,26)13-5-2-11(9-18)3-6-13)10-16(22)19-12-4-7-14(17)15(8-12)21(23)24/h2-8H,10H2,1H3,(H,19,22). The van der Waals surface area contributed by atoms with Gasteiger partial charge < -0.3 is 5.32 Å². The van der Waals surface area contributed by atoms with Crippen LogP contribution in [0.4, 0.5) is 15.8 Å². The Hall–Kier alpha value is -3.36. The number of nitro benzene ring substituents is 1. The molecule has 2 aromatic carbocycles. The first kappa shape index (κ1) is 20.0. The van der Waals surface area contributed by atoms with E-state index in [-0.39, 0.29) is 16.1 Å². The summed E-state index contributed by atoms with van der Waals surface area (Å²) in [6, 6.07) is 9.79. The number of likely N-dealkylation sites (N-methyl/N-ethyl adjacent to an activating group) is 1. The van der Waals surface area contributed by atoms with Crippen LogP contribution in [0, 0.1) is 27.3 Å². The number of nitro groups is 1. The Morgan fingerprint density at radius 3 is 2.48 bits per heavy atom. The number of halogens is 1. The maximum Gasteiger partial charge on any atom is 0.306 e. The van der Waals surface area contributed by atoms with Crippen molar-refractivity contribution >= 4 is 27.3 Å². The maximum atomic E-state index is 13.3. The number of nitrogens with one attached hydrogen (secondary N) is 1. The normalized spacial score (nSPS) is 11.0. The fourth-order valence-electron chi connectivity index (χ4n) is 2.10. The molecule has 0 aliphatic heterocycles. The van der Waals surface area contributed by atoms with Gasteiger partial charge in [0.05, 0.1) is 28.0 Å². The first-order chi connectivity index (χ1) is 12.6. The minimum atomic E-state index is -3.98. The molecule has 140 valence electrons. The lowest BCUT2D eigenvalue weighted by atomic mass is 10.2. The van der Waals surface area contributed by atoms with Crippen LogP contribution < -0.4 is 5.32 Å². The third-order valence-corrected chi connectivity index (χ3v) is 5.30. The number of benzene rings is 2. The summed E-state index contributed by atoms with van der Waals surface area (Å²) in [6.45, 7) is -0.576. The van der Waals surface area contributed by atoms with Gasteiger partial charge >= 0.3 is 5.69 Å². The number of sulfonamides is 1. The van der Waals surface area contributed by atoms with E-state index in [0.717, 1.165) is 22.5 Å². The molecule has 0 heterocycles. The zero-order chi connectivity index (χ0) is 20.2. The van der Waals surface area contributed by atoms with Crippen LogP contribution in [0.2, 0.25) is 0 Å². The summed E-state index contributed by atoms with van der Waals surface area (Å²) >= 11 is 0. The summed E-state index contributed by atoms with van der Waals surface area (Å²) in [7, 11) is -2.80. The molecule has 0 aliphatic rings. The molecule has 0 saturated carbocycles. The lowest BCUT2D eigenvalue weighted by Gasteiger charge is -2.17. The monoisotopic (exact) mass is 392 g/mol. The molecule has 0 unspecified atom stereocenters. The Labute approximate surface area is 153 Å².